The summed E-state index contributed by atoms with van der Waals surface area (Å²) in [4.78, 5) is 0. The lowest BCUT2D eigenvalue weighted by Crippen LogP contribution is -2.57. The molecule has 2 saturated heterocycles. The maximum atomic E-state index is 13.5. The first kappa shape index (κ1) is 17.7. The molecule has 0 amide bonds. The van der Waals surface area contributed by atoms with Crippen LogP contribution in [0.4, 0.5) is 4.39 Å². The second kappa shape index (κ2) is 5.66. The Morgan fingerprint density at radius 1 is 1.07 bits per heavy atom. The van der Waals surface area contributed by atoms with Crippen molar-refractivity contribution in [2.24, 2.45) is 16.7 Å². The van der Waals surface area contributed by atoms with E-state index in [2.05, 4.69) is 0 Å². The van der Waals surface area contributed by atoms with Crippen molar-refractivity contribution < 1.29 is 18.3 Å². The van der Waals surface area contributed by atoms with E-state index in [9.17, 15) is 20.2 Å². The number of hydrogen-bond acceptors (Lipinski definition) is 7. The summed E-state index contributed by atoms with van der Waals surface area (Å²) in [7, 11) is 0. The van der Waals surface area contributed by atoms with Crippen molar-refractivity contribution in [3.05, 3.63) is 59.8 Å². The number of rotatable bonds is 2. The lowest BCUT2D eigenvalue weighted by atomic mass is 9.54. The van der Waals surface area contributed by atoms with Gasteiger partial charge in [-0.2, -0.15) is 15.8 Å². The zero-order valence-electron chi connectivity index (χ0n) is 14.6. The summed E-state index contributed by atoms with van der Waals surface area (Å²) < 4.78 is 30.8. The van der Waals surface area contributed by atoms with Crippen LogP contribution >= 0.6 is 0 Å². The number of halogens is 1. The fourth-order valence-electron chi connectivity index (χ4n) is 4.24. The third-order valence-corrected chi connectivity index (χ3v) is 5.72. The van der Waals surface area contributed by atoms with Gasteiger partial charge >= 0.3 is 0 Å². The van der Waals surface area contributed by atoms with Gasteiger partial charge in [0.1, 0.15) is 11.6 Å². The molecule has 2 aliphatic heterocycles. The molecule has 1 N–H and O–H groups in total. The average molecular weight is 376 g/mol. The molecular weight excluding hydrogens is 363 g/mol. The molecule has 4 rings (SSSR count). The third-order valence-electron chi connectivity index (χ3n) is 5.72. The Hall–Kier alpha value is -3.67. The number of ether oxygens (including phenoxy) is 2. The van der Waals surface area contributed by atoms with Crippen molar-refractivity contribution in [2.75, 3.05) is 0 Å². The molecule has 2 fully saturated rings. The number of nitrogens with zero attached hydrogens (tertiary/aromatic N) is 3. The van der Waals surface area contributed by atoms with E-state index in [1.807, 2.05) is 18.2 Å². The molecule has 2 aromatic rings. The van der Waals surface area contributed by atoms with Gasteiger partial charge in [-0.15, -0.1) is 0 Å². The van der Waals surface area contributed by atoms with E-state index < -0.39 is 40.4 Å². The van der Waals surface area contributed by atoms with E-state index >= 15 is 0 Å². The SMILES string of the molecule is CC1C2(c3ccc(F)cc3)OC(=N)C1(C#N)C(C#N)(C#N)C(c1ccco1)O2. The van der Waals surface area contributed by atoms with Crippen molar-refractivity contribution in [1.82, 2.24) is 0 Å². The fraction of sp³-hybridized carbons (Fsp3) is 0.300. The second-order valence-electron chi connectivity index (χ2n) is 6.79. The van der Waals surface area contributed by atoms with E-state index in [0.717, 1.165) is 0 Å². The van der Waals surface area contributed by atoms with E-state index in [-0.39, 0.29) is 5.76 Å². The van der Waals surface area contributed by atoms with Gasteiger partial charge in [-0.05, 0) is 36.4 Å². The topological polar surface area (TPSA) is 127 Å². The predicted molar refractivity (Wildman–Crippen MR) is 90.3 cm³/mol. The highest BCUT2D eigenvalue weighted by atomic mass is 19.1. The highest BCUT2D eigenvalue weighted by molar-refractivity contribution is 5.89. The summed E-state index contributed by atoms with van der Waals surface area (Å²) in [6.07, 6.45) is 0.0507. The monoisotopic (exact) mass is 376 g/mol. The largest absolute Gasteiger partial charge is 0.466 e. The first-order chi connectivity index (χ1) is 13.4. The van der Waals surface area contributed by atoms with Gasteiger partial charge in [0.05, 0.1) is 30.4 Å². The van der Waals surface area contributed by atoms with Crippen LogP contribution in [-0.4, -0.2) is 5.90 Å². The fourth-order valence-corrected chi connectivity index (χ4v) is 4.24. The smallest absolute Gasteiger partial charge is 0.244 e. The minimum absolute atomic E-state index is 0.152. The Balaban J connectivity index is 2.04. The van der Waals surface area contributed by atoms with Crippen molar-refractivity contribution >= 4 is 5.90 Å². The maximum Gasteiger partial charge on any atom is 0.244 e. The summed E-state index contributed by atoms with van der Waals surface area (Å²) in [5.41, 5.74) is -3.64. The predicted octanol–water partition coefficient (Wildman–Crippen LogP) is 3.53. The molecule has 0 saturated carbocycles. The molecular formula is C20H13FN4O3. The van der Waals surface area contributed by atoms with Gasteiger partial charge in [-0.3, -0.25) is 5.41 Å². The first-order valence-electron chi connectivity index (χ1n) is 8.41. The van der Waals surface area contributed by atoms with Crippen molar-refractivity contribution in [1.29, 1.82) is 21.2 Å². The lowest BCUT2D eigenvalue weighted by Gasteiger charge is -2.47. The number of furan rings is 1. The van der Waals surface area contributed by atoms with Crippen LogP contribution in [0.15, 0.2) is 47.1 Å². The molecule has 138 valence electrons. The zero-order valence-corrected chi connectivity index (χ0v) is 14.6. The molecule has 4 unspecified atom stereocenters. The average Bonchev–Trinajstić information content (AvgIpc) is 3.28. The lowest BCUT2D eigenvalue weighted by molar-refractivity contribution is -0.292. The van der Waals surface area contributed by atoms with Crippen molar-refractivity contribution in [2.45, 2.75) is 18.8 Å². The second-order valence-corrected chi connectivity index (χ2v) is 6.79. The van der Waals surface area contributed by atoms with Gasteiger partial charge in [0.15, 0.2) is 11.5 Å². The first-order valence-corrected chi connectivity index (χ1v) is 8.41. The number of nitrogens with one attached hydrogen (secondary N) is 1. The van der Waals surface area contributed by atoms with Crippen LogP contribution in [0.5, 0.6) is 0 Å². The number of hydrogen-bond donors (Lipinski definition) is 1. The Morgan fingerprint density at radius 2 is 1.75 bits per heavy atom. The Kier molecular flexibility index (Phi) is 3.58. The molecule has 8 heteroatoms. The van der Waals surface area contributed by atoms with Crippen molar-refractivity contribution in [3.63, 3.8) is 0 Å². The molecule has 0 radical (unpaired) electrons. The minimum Gasteiger partial charge on any atom is -0.466 e. The molecule has 3 heterocycles. The van der Waals surface area contributed by atoms with Gasteiger partial charge < -0.3 is 13.9 Å². The molecule has 2 aliphatic rings. The van der Waals surface area contributed by atoms with Crippen LogP contribution < -0.4 is 0 Å². The zero-order chi connectivity index (χ0) is 20.2. The Bertz CT molecular complexity index is 1060. The van der Waals surface area contributed by atoms with Crippen LogP contribution in [0.25, 0.3) is 0 Å². The molecule has 2 bridgehead atoms. The van der Waals surface area contributed by atoms with E-state index in [1.165, 1.54) is 36.6 Å². The molecule has 1 aromatic carbocycles. The molecule has 4 atom stereocenters. The van der Waals surface area contributed by atoms with Crippen LogP contribution in [0, 0.1) is 62.0 Å². The van der Waals surface area contributed by atoms with Crippen LogP contribution in [0.3, 0.4) is 0 Å². The summed E-state index contributed by atoms with van der Waals surface area (Å²) in [6, 6.07) is 14.2. The van der Waals surface area contributed by atoms with E-state index in [0.29, 0.717) is 5.56 Å². The summed E-state index contributed by atoms with van der Waals surface area (Å²) in [6.45, 7) is 1.58. The van der Waals surface area contributed by atoms with Crippen molar-refractivity contribution in [3.8, 4) is 18.2 Å². The van der Waals surface area contributed by atoms with E-state index in [4.69, 9.17) is 19.3 Å². The summed E-state index contributed by atoms with van der Waals surface area (Å²) >= 11 is 0. The Morgan fingerprint density at radius 3 is 2.29 bits per heavy atom. The maximum absolute atomic E-state index is 13.5. The molecule has 1 aromatic heterocycles. The van der Waals surface area contributed by atoms with E-state index in [1.54, 1.807) is 13.0 Å². The third kappa shape index (κ3) is 1.79. The number of fused-ring (bicyclic) bond motifs is 2. The van der Waals surface area contributed by atoms with Gasteiger partial charge in [-0.1, -0.05) is 6.92 Å². The van der Waals surface area contributed by atoms with Gasteiger partial charge in [-0.25, -0.2) is 4.39 Å². The highest BCUT2D eigenvalue weighted by Gasteiger charge is 2.80. The quantitative estimate of drug-likeness (QED) is 0.854. The molecule has 0 aliphatic carbocycles. The molecule has 28 heavy (non-hydrogen) atoms. The van der Waals surface area contributed by atoms with Gasteiger partial charge in [0.2, 0.25) is 17.1 Å². The summed E-state index contributed by atoms with van der Waals surface area (Å²) in [5.74, 6) is -3.43. The number of benzene rings is 1. The molecule has 7 nitrogen and oxygen atoms in total. The van der Waals surface area contributed by atoms with Gasteiger partial charge in [0, 0.05) is 5.56 Å². The normalized spacial score (nSPS) is 32.6. The minimum atomic E-state index is -2.09. The highest BCUT2D eigenvalue weighted by Crippen LogP contribution is 2.68. The van der Waals surface area contributed by atoms with Gasteiger partial charge in [0.25, 0.3) is 0 Å². The summed E-state index contributed by atoms with van der Waals surface area (Å²) in [5, 5.41) is 38.5. The standard InChI is InChI=1S/C20H13FN4O3/c1-12-19(11-24)17(25)28-20(12,13-4-6-14(21)7-5-13)27-16(15-3-2-8-26-15)18(19,9-22)10-23/h2-8,12,16,25H,1H3. The Labute approximate surface area is 159 Å². The van der Waals surface area contributed by atoms with Crippen LogP contribution in [0.1, 0.15) is 24.4 Å². The number of nitriles is 3. The molecule has 0 spiro atoms. The van der Waals surface area contributed by atoms with Crippen LogP contribution in [0.2, 0.25) is 0 Å². The van der Waals surface area contributed by atoms with Crippen LogP contribution in [-0.2, 0) is 15.3 Å².